The molecular formula is C24H25N9O3. The highest BCUT2D eigenvalue weighted by atomic mass is 16.6. The van der Waals surface area contributed by atoms with Crippen LogP contribution in [0.5, 0.6) is 0 Å². The maximum Gasteiger partial charge on any atom is 0.312 e. The molecule has 3 heterocycles. The van der Waals surface area contributed by atoms with E-state index in [1.165, 1.54) is 0 Å². The molecule has 5 rings (SSSR count). The molecule has 12 nitrogen and oxygen atoms in total. The van der Waals surface area contributed by atoms with Crippen molar-refractivity contribution in [3.05, 3.63) is 87.2 Å². The van der Waals surface area contributed by atoms with Gasteiger partial charge in [0.25, 0.3) is 5.91 Å². The van der Waals surface area contributed by atoms with Crippen molar-refractivity contribution in [2.75, 3.05) is 31.1 Å². The van der Waals surface area contributed by atoms with Gasteiger partial charge in [-0.15, -0.1) is 0 Å². The fraction of sp³-hybridized carbons (Fsp3) is 0.292. The lowest BCUT2D eigenvalue weighted by atomic mass is 10.1. The summed E-state index contributed by atoms with van der Waals surface area (Å²) < 4.78 is 3.32. The van der Waals surface area contributed by atoms with Crippen molar-refractivity contribution < 1.29 is 9.72 Å². The molecule has 2 aromatic heterocycles. The Morgan fingerprint density at radius 1 is 1.00 bits per heavy atom. The minimum atomic E-state index is -0.405. The quantitative estimate of drug-likeness (QED) is 0.300. The van der Waals surface area contributed by atoms with Crippen molar-refractivity contribution in [3.8, 4) is 5.69 Å². The van der Waals surface area contributed by atoms with Gasteiger partial charge in [0.05, 0.1) is 17.2 Å². The Bertz CT molecular complexity index is 1390. The zero-order valence-electron chi connectivity index (χ0n) is 20.0. The van der Waals surface area contributed by atoms with Gasteiger partial charge in [0, 0.05) is 31.7 Å². The second kappa shape index (κ2) is 9.56. The van der Waals surface area contributed by atoms with Crippen LogP contribution in [0.2, 0.25) is 0 Å². The van der Waals surface area contributed by atoms with Gasteiger partial charge in [-0.05, 0) is 54.1 Å². The van der Waals surface area contributed by atoms with Gasteiger partial charge in [-0.25, -0.2) is 0 Å². The molecule has 2 aromatic carbocycles. The number of carbonyl (C=O) groups excluding carboxylic acids is 1. The van der Waals surface area contributed by atoms with Crippen LogP contribution in [0.15, 0.2) is 54.6 Å². The van der Waals surface area contributed by atoms with Crippen molar-refractivity contribution in [2.45, 2.75) is 20.4 Å². The summed E-state index contributed by atoms with van der Waals surface area (Å²) in [5.74, 6) is 0.618. The molecule has 1 amide bonds. The first-order chi connectivity index (χ1) is 17.4. The van der Waals surface area contributed by atoms with Gasteiger partial charge in [0.1, 0.15) is 11.4 Å². The number of hydrogen-bond donors (Lipinski definition) is 0. The third-order valence-corrected chi connectivity index (χ3v) is 6.36. The van der Waals surface area contributed by atoms with Crippen LogP contribution >= 0.6 is 0 Å². The molecule has 1 aliphatic rings. The molecule has 1 aliphatic heterocycles. The predicted octanol–water partition coefficient (Wildman–Crippen LogP) is 2.39. The van der Waals surface area contributed by atoms with E-state index in [2.05, 4.69) is 25.5 Å². The van der Waals surface area contributed by atoms with E-state index >= 15 is 0 Å². The number of nitrogens with zero attached hydrogens (tertiary/aromatic N) is 9. The molecule has 0 aliphatic carbocycles. The summed E-state index contributed by atoms with van der Waals surface area (Å²) in [6, 6.07) is 17.0. The summed E-state index contributed by atoms with van der Waals surface area (Å²) in [5, 5.41) is 27.7. The van der Waals surface area contributed by atoms with Crippen molar-refractivity contribution in [1.29, 1.82) is 0 Å². The first-order valence-corrected chi connectivity index (χ1v) is 11.6. The van der Waals surface area contributed by atoms with Gasteiger partial charge in [0.15, 0.2) is 0 Å². The summed E-state index contributed by atoms with van der Waals surface area (Å²) >= 11 is 0. The van der Waals surface area contributed by atoms with E-state index in [1.807, 2.05) is 47.4 Å². The molecule has 0 spiro atoms. The normalized spacial score (nSPS) is 13.7. The summed E-state index contributed by atoms with van der Waals surface area (Å²) in [5.41, 5.74) is 3.32. The van der Waals surface area contributed by atoms with Gasteiger partial charge >= 0.3 is 5.69 Å². The Morgan fingerprint density at radius 2 is 1.69 bits per heavy atom. The largest absolute Gasteiger partial charge is 0.336 e. The maximum absolute atomic E-state index is 13.1. The van der Waals surface area contributed by atoms with E-state index < -0.39 is 4.92 Å². The number of anilines is 1. The van der Waals surface area contributed by atoms with E-state index in [0.717, 1.165) is 11.3 Å². The Morgan fingerprint density at radius 3 is 2.33 bits per heavy atom. The molecule has 0 N–H and O–H groups in total. The molecule has 184 valence electrons. The summed E-state index contributed by atoms with van der Waals surface area (Å²) in [4.78, 5) is 27.8. The summed E-state index contributed by atoms with van der Waals surface area (Å²) in [6.45, 7) is 6.06. The predicted molar refractivity (Wildman–Crippen MR) is 131 cm³/mol. The van der Waals surface area contributed by atoms with Crippen LogP contribution < -0.4 is 4.90 Å². The average molecular weight is 488 g/mol. The standard InChI is InChI=1S/C24H25N9O3/c1-17-22(33(35)36)18(2)31(26-17)16-19-8-10-20(11-9-19)23(34)29-12-14-30(15-13-29)24-25-27-28-32(24)21-6-4-3-5-7-21/h3-11H,12-16H2,1-2H3. The van der Waals surface area contributed by atoms with Crippen LogP contribution in [0.3, 0.4) is 0 Å². The summed E-state index contributed by atoms with van der Waals surface area (Å²) in [7, 11) is 0. The Labute approximate surface area is 206 Å². The lowest BCUT2D eigenvalue weighted by molar-refractivity contribution is -0.386. The molecule has 12 heteroatoms. The van der Waals surface area contributed by atoms with Crippen LogP contribution in [-0.4, -0.2) is 71.9 Å². The fourth-order valence-electron chi connectivity index (χ4n) is 4.44. The Balaban J connectivity index is 1.22. The number of amides is 1. The van der Waals surface area contributed by atoms with Crippen molar-refractivity contribution in [1.82, 2.24) is 34.9 Å². The number of rotatable bonds is 6. The smallest absolute Gasteiger partial charge is 0.312 e. The van der Waals surface area contributed by atoms with Gasteiger partial charge in [0.2, 0.25) is 5.95 Å². The highest BCUT2D eigenvalue weighted by molar-refractivity contribution is 5.94. The molecule has 36 heavy (non-hydrogen) atoms. The minimum Gasteiger partial charge on any atom is -0.336 e. The lowest BCUT2D eigenvalue weighted by Crippen LogP contribution is -2.49. The highest BCUT2D eigenvalue weighted by Crippen LogP contribution is 2.23. The molecule has 1 saturated heterocycles. The Kier molecular flexibility index (Phi) is 6.15. The number of aryl methyl sites for hydroxylation is 1. The topological polar surface area (TPSA) is 128 Å². The number of benzene rings is 2. The number of para-hydroxylation sites is 1. The zero-order valence-corrected chi connectivity index (χ0v) is 20.0. The molecule has 1 fully saturated rings. The number of tetrazole rings is 1. The number of nitro groups is 1. The van der Waals surface area contributed by atoms with Crippen molar-refractivity contribution >= 4 is 17.5 Å². The van der Waals surface area contributed by atoms with Gasteiger partial charge in [-0.3, -0.25) is 19.6 Å². The number of carbonyl (C=O) groups is 1. The zero-order chi connectivity index (χ0) is 25.2. The highest BCUT2D eigenvalue weighted by Gasteiger charge is 2.26. The average Bonchev–Trinajstić information content (AvgIpc) is 3.49. The van der Waals surface area contributed by atoms with Gasteiger partial charge < -0.3 is 9.80 Å². The van der Waals surface area contributed by atoms with E-state index in [4.69, 9.17) is 0 Å². The van der Waals surface area contributed by atoms with E-state index in [-0.39, 0.29) is 11.6 Å². The lowest BCUT2D eigenvalue weighted by Gasteiger charge is -2.34. The SMILES string of the molecule is Cc1nn(Cc2ccc(C(=O)N3CCN(c4nnnn4-c4ccccc4)CC3)cc2)c(C)c1[N+](=O)[O-]. The molecule has 0 saturated carbocycles. The van der Waals surface area contributed by atoms with Crippen molar-refractivity contribution in [2.24, 2.45) is 0 Å². The van der Waals surface area contributed by atoms with Gasteiger partial charge in [-0.2, -0.15) is 9.78 Å². The number of hydrogen-bond acceptors (Lipinski definition) is 8. The van der Waals surface area contributed by atoms with Crippen molar-refractivity contribution in [3.63, 3.8) is 0 Å². The number of piperazine rings is 1. The monoisotopic (exact) mass is 487 g/mol. The van der Waals surface area contributed by atoms with E-state index in [1.54, 1.807) is 35.3 Å². The Hall–Kier alpha value is -4.61. The molecular weight excluding hydrogens is 462 g/mol. The van der Waals surface area contributed by atoms with Crippen LogP contribution in [0.4, 0.5) is 11.6 Å². The van der Waals surface area contributed by atoms with E-state index in [0.29, 0.717) is 55.6 Å². The molecule has 0 atom stereocenters. The van der Waals surface area contributed by atoms with Crippen LogP contribution in [0.25, 0.3) is 5.69 Å². The maximum atomic E-state index is 13.1. The second-order valence-corrected chi connectivity index (χ2v) is 8.64. The third-order valence-electron chi connectivity index (χ3n) is 6.36. The van der Waals surface area contributed by atoms with Gasteiger partial charge in [-0.1, -0.05) is 35.4 Å². The third kappa shape index (κ3) is 4.40. The van der Waals surface area contributed by atoms with E-state index in [9.17, 15) is 14.9 Å². The second-order valence-electron chi connectivity index (χ2n) is 8.64. The fourth-order valence-corrected chi connectivity index (χ4v) is 4.44. The molecule has 0 radical (unpaired) electrons. The number of aromatic nitrogens is 6. The summed E-state index contributed by atoms with van der Waals surface area (Å²) in [6.07, 6.45) is 0. The minimum absolute atomic E-state index is 0.0365. The molecule has 4 aromatic rings. The van der Waals surface area contributed by atoms with Crippen LogP contribution in [-0.2, 0) is 6.54 Å². The first-order valence-electron chi connectivity index (χ1n) is 11.6. The molecule has 0 bridgehead atoms. The molecule has 0 unspecified atom stereocenters. The first kappa shape index (κ1) is 23.1. The van der Waals surface area contributed by atoms with Crippen LogP contribution in [0, 0.1) is 24.0 Å². The van der Waals surface area contributed by atoms with Crippen LogP contribution in [0.1, 0.15) is 27.3 Å².